The van der Waals surface area contributed by atoms with E-state index in [1.165, 1.54) is 24.3 Å². The van der Waals surface area contributed by atoms with E-state index in [-0.39, 0.29) is 4.90 Å². The molecule has 4 aromatic rings. The van der Waals surface area contributed by atoms with Gasteiger partial charge in [-0.2, -0.15) is 8.42 Å². The first-order chi connectivity index (χ1) is 14.0. The van der Waals surface area contributed by atoms with Gasteiger partial charge in [0, 0.05) is 11.1 Å². The van der Waals surface area contributed by atoms with Crippen LogP contribution in [0, 0.1) is 0 Å². The number of azo groups is 1. The number of hydrogen-bond acceptors (Lipinski definition) is 5. The van der Waals surface area contributed by atoms with Gasteiger partial charge in [-0.15, -0.1) is 10.2 Å². The van der Waals surface area contributed by atoms with Crippen molar-refractivity contribution in [1.29, 1.82) is 0 Å². The summed E-state index contributed by atoms with van der Waals surface area (Å²) in [7, 11) is -4.24. The fourth-order valence-electron chi connectivity index (χ4n) is 2.82. The molecule has 0 unspecified atom stereocenters. The van der Waals surface area contributed by atoms with Crippen molar-refractivity contribution in [3.05, 3.63) is 84.9 Å². The summed E-state index contributed by atoms with van der Waals surface area (Å²) in [6.07, 6.45) is 0. The summed E-state index contributed by atoms with van der Waals surface area (Å²) in [5.41, 5.74) is 3.93. The fourth-order valence-corrected chi connectivity index (χ4v) is 3.30. The molecule has 4 rings (SSSR count). The zero-order valence-electron chi connectivity index (χ0n) is 15.1. The highest BCUT2D eigenvalue weighted by Gasteiger charge is 2.14. The molecular weight excluding hydrogens is 388 g/mol. The first-order valence-corrected chi connectivity index (χ1v) is 10.1. The van der Waals surface area contributed by atoms with Crippen LogP contribution in [-0.4, -0.2) is 22.9 Å². The standard InChI is InChI=1S/C21H16N4O3S/c26-29(27,28)18-13-11-17(12-14-18)24-25-21-22-19(15-7-3-1-4-8-15)20(23-21)16-9-5-2-6-10-16/h1-14H,(H,22,23)(H,26,27,28). The summed E-state index contributed by atoms with van der Waals surface area (Å²) in [4.78, 5) is 7.57. The van der Waals surface area contributed by atoms with Crippen molar-refractivity contribution < 1.29 is 13.0 Å². The van der Waals surface area contributed by atoms with Gasteiger partial charge >= 0.3 is 0 Å². The highest BCUT2D eigenvalue weighted by atomic mass is 32.2. The van der Waals surface area contributed by atoms with Crippen molar-refractivity contribution in [3.8, 4) is 22.5 Å². The topological polar surface area (TPSA) is 108 Å². The van der Waals surface area contributed by atoms with E-state index in [0.717, 1.165) is 22.5 Å². The van der Waals surface area contributed by atoms with Gasteiger partial charge in [0.05, 0.1) is 22.0 Å². The van der Waals surface area contributed by atoms with Crippen LogP contribution in [0.15, 0.2) is 100 Å². The van der Waals surface area contributed by atoms with Gasteiger partial charge in [-0.05, 0) is 24.3 Å². The molecule has 29 heavy (non-hydrogen) atoms. The monoisotopic (exact) mass is 404 g/mol. The Morgan fingerprint density at radius 2 is 1.34 bits per heavy atom. The van der Waals surface area contributed by atoms with Gasteiger partial charge in [-0.25, -0.2) is 4.98 Å². The van der Waals surface area contributed by atoms with E-state index < -0.39 is 10.1 Å². The average molecular weight is 404 g/mol. The molecule has 0 aliphatic carbocycles. The molecule has 0 aliphatic rings. The minimum absolute atomic E-state index is 0.202. The minimum atomic E-state index is -4.24. The van der Waals surface area contributed by atoms with Crippen LogP contribution in [0.2, 0.25) is 0 Å². The quantitative estimate of drug-likeness (QED) is 0.343. The molecule has 144 valence electrons. The molecular formula is C21H16N4O3S. The molecule has 7 nitrogen and oxygen atoms in total. The molecule has 0 fully saturated rings. The summed E-state index contributed by atoms with van der Waals surface area (Å²) in [5, 5.41) is 8.24. The van der Waals surface area contributed by atoms with Crippen molar-refractivity contribution in [2.45, 2.75) is 4.90 Å². The van der Waals surface area contributed by atoms with Crippen molar-refractivity contribution >= 4 is 21.8 Å². The third-order valence-electron chi connectivity index (χ3n) is 4.20. The zero-order chi connectivity index (χ0) is 20.3. The fraction of sp³-hybridized carbons (Fsp3) is 0. The molecule has 8 heteroatoms. The van der Waals surface area contributed by atoms with Gasteiger partial charge < -0.3 is 4.98 Å². The van der Waals surface area contributed by atoms with Crippen LogP contribution < -0.4 is 0 Å². The second-order valence-electron chi connectivity index (χ2n) is 6.19. The molecule has 1 heterocycles. The van der Waals surface area contributed by atoms with E-state index in [1.807, 2.05) is 60.7 Å². The van der Waals surface area contributed by atoms with Crippen LogP contribution >= 0.6 is 0 Å². The van der Waals surface area contributed by atoms with Gasteiger partial charge in [0.15, 0.2) is 0 Å². The number of nitrogens with zero attached hydrogens (tertiary/aromatic N) is 3. The molecule has 0 atom stereocenters. The van der Waals surface area contributed by atoms with Crippen LogP contribution in [-0.2, 0) is 10.1 Å². The first-order valence-electron chi connectivity index (χ1n) is 8.71. The summed E-state index contributed by atoms with van der Waals surface area (Å²) in [5.74, 6) is 0.321. The molecule has 0 bridgehead atoms. The number of imidazole rings is 1. The summed E-state index contributed by atoms with van der Waals surface area (Å²) < 4.78 is 31.3. The summed E-state index contributed by atoms with van der Waals surface area (Å²) >= 11 is 0. The van der Waals surface area contributed by atoms with Gasteiger partial charge in [0.25, 0.3) is 10.1 Å². The summed E-state index contributed by atoms with van der Waals surface area (Å²) in [6, 6.07) is 25.0. The molecule has 1 aromatic heterocycles. The number of hydrogen-bond donors (Lipinski definition) is 2. The number of aromatic amines is 1. The molecule has 0 amide bonds. The molecule has 0 spiro atoms. The Balaban J connectivity index is 1.70. The SMILES string of the molecule is O=S(=O)(O)c1ccc(N=Nc2nc(-c3ccccc3)c(-c3ccccc3)[nH]2)cc1. The van der Waals surface area contributed by atoms with Crippen molar-refractivity contribution in [1.82, 2.24) is 9.97 Å². The largest absolute Gasteiger partial charge is 0.320 e. The number of H-pyrrole nitrogens is 1. The second-order valence-corrected chi connectivity index (χ2v) is 7.61. The van der Waals surface area contributed by atoms with Crippen LogP contribution in [0.4, 0.5) is 11.6 Å². The van der Waals surface area contributed by atoms with E-state index in [1.54, 1.807) is 0 Å². The van der Waals surface area contributed by atoms with Gasteiger partial charge in [-0.3, -0.25) is 4.55 Å². The lowest BCUT2D eigenvalue weighted by atomic mass is 10.1. The van der Waals surface area contributed by atoms with E-state index in [9.17, 15) is 8.42 Å². The van der Waals surface area contributed by atoms with E-state index in [0.29, 0.717) is 11.6 Å². The number of rotatable bonds is 5. The third-order valence-corrected chi connectivity index (χ3v) is 5.06. The lowest BCUT2D eigenvalue weighted by Crippen LogP contribution is -1.96. The van der Waals surface area contributed by atoms with Crippen LogP contribution in [0.3, 0.4) is 0 Å². The number of benzene rings is 3. The lowest BCUT2D eigenvalue weighted by molar-refractivity contribution is 0.483. The van der Waals surface area contributed by atoms with Crippen molar-refractivity contribution in [3.63, 3.8) is 0 Å². The zero-order valence-corrected chi connectivity index (χ0v) is 15.9. The smallest absolute Gasteiger partial charge is 0.294 e. The lowest BCUT2D eigenvalue weighted by Gasteiger charge is -2.02. The van der Waals surface area contributed by atoms with Gasteiger partial charge in [0.1, 0.15) is 0 Å². The van der Waals surface area contributed by atoms with E-state index >= 15 is 0 Å². The Morgan fingerprint density at radius 3 is 1.93 bits per heavy atom. The maximum absolute atomic E-state index is 11.1. The van der Waals surface area contributed by atoms with Crippen LogP contribution in [0.1, 0.15) is 0 Å². The van der Waals surface area contributed by atoms with Crippen molar-refractivity contribution in [2.75, 3.05) is 0 Å². The van der Waals surface area contributed by atoms with Gasteiger partial charge in [-0.1, -0.05) is 60.7 Å². The van der Waals surface area contributed by atoms with E-state index in [4.69, 9.17) is 4.55 Å². The predicted octanol–water partition coefficient (Wildman–Crippen LogP) is 5.41. The highest BCUT2D eigenvalue weighted by Crippen LogP contribution is 2.32. The Bertz CT molecular complexity index is 1190. The van der Waals surface area contributed by atoms with Crippen LogP contribution in [0.25, 0.3) is 22.5 Å². The summed E-state index contributed by atoms with van der Waals surface area (Å²) in [6.45, 7) is 0. The maximum atomic E-state index is 11.1. The number of aromatic nitrogens is 2. The van der Waals surface area contributed by atoms with Gasteiger partial charge in [0.2, 0.25) is 5.95 Å². The average Bonchev–Trinajstić information content (AvgIpc) is 3.18. The third kappa shape index (κ3) is 4.29. The normalized spacial score (nSPS) is 11.8. The molecule has 0 aliphatic heterocycles. The molecule has 0 saturated carbocycles. The maximum Gasteiger partial charge on any atom is 0.294 e. The molecule has 0 saturated heterocycles. The Morgan fingerprint density at radius 1 is 0.759 bits per heavy atom. The highest BCUT2D eigenvalue weighted by molar-refractivity contribution is 7.85. The van der Waals surface area contributed by atoms with Crippen molar-refractivity contribution in [2.24, 2.45) is 10.2 Å². The predicted molar refractivity (Wildman–Crippen MR) is 110 cm³/mol. The molecule has 2 N–H and O–H groups in total. The second kappa shape index (κ2) is 7.78. The van der Waals surface area contributed by atoms with Crippen LogP contribution in [0.5, 0.6) is 0 Å². The Labute approximate surface area is 167 Å². The first kappa shape index (κ1) is 18.7. The number of nitrogens with one attached hydrogen (secondary N) is 1. The van der Waals surface area contributed by atoms with E-state index in [2.05, 4.69) is 20.2 Å². The molecule has 3 aromatic carbocycles. The molecule has 0 radical (unpaired) electrons. The minimum Gasteiger partial charge on any atom is -0.320 e. The Hall–Kier alpha value is -3.62. The Kier molecular flexibility index (Phi) is 5.03.